The average Bonchev–Trinajstić information content (AvgIpc) is 2.17. The molecule has 1 aromatic rings. The van der Waals surface area contributed by atoms with Crippen molar-refractivity contribution in [2.24, 2.45) is 5.92 Å². The van der Waals surface area contributed by atoms with Crippen molar-refractivity contribution in [1.82, 2.24) is 9.55 Å². The van der Waals surface area contributed by atoms with E-state index in [4.69, 9.17) is 10.8 Å². The van der Waals surface area contributed by atoms with Crippen molar-refractivity contribution in [3.05, 3.63) is 22.7 Å². The molecule has 0 spiro atoms. The van der Waals surface area contributed by atoms with Crippen molar-refractivity contribution in [2.45, 2.75) is 19.6 Å². The number of nitrogen functional groups attached to an aromatic ring is 1. The molecule has 0 amide bonds. The number of nitrogens with two attached hydrogens (primary N) is 1. The van der Waals surface area contributed by atoms with Crippen LogP contribution in [0.2, 0.25) is 0 Å². The molecule has 0 bridgehead atoms. The molecule has 6 nitrogen and oxygen atoms in total. The molecule has 0 aromatic carbocycles. The fourth-order valence-corrected chi connectivity index (χ4v) is 1.25. The summed E-state index contributed by atoms with van der Waals surface area (Å²) >= 11 is 0. The first-order chi connectivity index (χ1) is 7.06. The number of rotatable bonds is 4. The van der Waals surface area contributed by atoms with Gasteiger partial charge in [-0.15, -0.1) is 0 Å². The molecule has 84 valence electrons. The number of hydrogen-bond donors (Lipinski definition) is 3. The molecule has 6 heteroatoms. The summed E-state index contributed by atoms with van der Waals surface area (Å²) in [5, 5.41) is 18.5. The SMILES string of the molecule is C[C@@H](CCO)C(O)n1ccc(N)nc1=O. The van der Waals surface area contributed by atoms with Crippen molar-refractivity contribution < 1.29 is 10.2 Å². The van der Waals surface area contributed by atoms with Crippen LogP contribution >= 0.6 is 0 Å². The van der Waals surface area contributed by atoms with Gasteiger partial charge >= 0.3 is 5.69 Å². The third-order valence-corrected chi connectivity index (χ3v) is 2.23. The van der Waals surface area contributed by atoms with E-state index >= 15 is 0 Å². The van der Waals surface area contributed by atoms with Gasteiger partial charge in [-0.2, -0.15) is 4.98 Å². The van der Waals surface area contributed by atoms with Gasteiger partial charge in [0.2, 0.25) is 0 Å². The van der Waals surface area contributed by atoms with E-state index < -0.39 is 11.9 Å². The lowest BCUT2D eigenvalue weighted by atomic mass is 10.1. The number of aliphatic hydroxyl groups is 2. The van der Waals surface area contributed by atoms with Crippen LogP contribution in [0.25, 0.3) is 0 Å². The summed E-state index contributed by atoms with van der Waals surface area (Å²) in [5.74, 6) is -0.101. The summed E-state index contributed by atoms with van der Waals surface area (Å²) in [6.07, 6.45) is 0.819. The smallest absolute Gasteiger partial charge is 0.351 e. The monoisotopic (exact) mass is 213 g/mol. The Balaban J connectivity index is 2.91. The lowest BCUT2D eigenvalue weighted by Crippen LogP contribution is -2.30. The molecule has 15 heavy (non-hydrogen) atoms. The second-order valence-electron chi connectivity index (χ2n) is 3.45. The summed E-state index contributed by atoms with van der Waals surface area (Å²) in [4.78, 5) is 14.8. The number of nitrogens with zero attached hydrogens (tertiary/aromatic N) is 2. The highest BCUT2D eigenvalue weighted by Gasteiger charge is 2.16. The quantitative estimate of drug-likeness (QED) is 0.616. The molecule has 0 radical (unpaired) electrons. The molecule has 1 heterocycles. The lowest BCUT2D eigenvalue weighted by molar-refractivity contribution is 0.0331. The zero-order valence-electron chi connectivity index (χ0n) is 8.50. The molecule has 4 N–H and O–H groups in total. The Morgan fingerprint density at radius 3 is 2.87 bits per heavy atom. The minimum Gasteiger partial charge on any atom is -0.396 e. The standard InChI is InChI=1S/C9H15N3O3/c1-6(3-5-13)8(14)12-4-2-7(10)11-9(12)15/h2,4,6,8,13-14H,3,5H2,1H3,(H2,10,11,15)/t6-,8?/m0/s1. The zero-order valence-corrected chi connectivity index (χ0v) is 8.50. The Morgan fingerprint density at radius 2 is 2.33 bits per heavy atom. The van der Waals surface area contributed by atoms with Crippen molar-refractivity contribution in [3.63, 3.8) is 0 Å². The first-order valence-electron chi connectivity index (χ1n) is 4.70. The Hall–Kier alpha value is -1.40. The van der Waals surface area contributed by atoms with E-state index in [9.17, 15) is 9.90 Å². The number of hydrogen-bond acceptors (Lipinski definition) is 5. The van der Waals surface area contributed by atoms with E-state index in [1.54, 1.807) is 6.92 Å². The molecular formula is C9H15N3O3. The van der Waals surface area contributed by atoms with Crippen molar-refractivity contribution in [1.29, 1.82) is 0 Å². The van der Waals surface area contributed by atoms with Gasteiger partial charge in [-0.3, -0.25) is 4.57 Å². The molecule has 1 aromatic heterocycles. The first-order valence-corrected chi connectivity index (χ1v) is 4.70. The van der Waals surface area contributed by atoms with Gasteiger partial charge in [0, 0.05) is 18.7 Å². The number of aromatic nitrogens is 2. The summed E-state index contributed by atoms with van der Waals surface area (Å²) in [6, 6.07) is 1.44. The molecule has 0 saturated carbocycles. The fourth-order valence-electron chi connectivity index (χ4n) is 1.25. The van der Waals surface area contributed by atoms with Crippen LogP contribution in [0.1, 0.15) is 19.6 Å². The van der Waals surface area contributed by atoms with Gasteiger partial charge in [-0.1, -0.05) is 6.92 Å². The van der Waals surface area contributed by atoms with Gasteiger partial charge in [0.1, 0.15) is 12.0 Å². The lowest BCUT2D eigenvalue weighted by Gasteiger charge is -2.19. The zero-order chi connectivity index (χ0) is 11.4. The summed E-state index contributed by atoms with van der Waals surface area (Å²) < 4.78 is 1.09. The van der Waals surface area contributed by atoms with Gasteiger partial charge in [-0.25, -0.2) is 4.79 Å². The highest BCUT2D eigenvalue weighted by molar-refractivity contribution is 5.23. The molecule has 0 aliphatic heterocycles. The molecule has 0 saturated heterocycles. The van der Waals surface area contributed by atoms with Gasteiger partial charge in [0.15, 0.2) is 0 Å². The van der Waals surface area contributed by atoms with E-state index in [2.05, 4.69) is 4.98 Å². The summed E-state index contributed by atoms with van der Waals surface area (Å²) in [6.45, 7) is 1.71. The highest BCUT2D eigenvalue weighted by Crippen LogP contribution is 2.15. The highest BCUT2D eigenvalue weighted by atomic mass is 16.3. The van der Waals surface area contributed by atoms with Gasteiger partial charge < -0.3 is 15.9 Å². The number of anilines is 1. The number of aliphatic hydroxyl groups excluding tert-OH is 2. The fraction of sp³-hybridized carbons (Fsp3) is 0.556. The maximum Gasteiger partial charge on any atom is 0.351 e. The van der Waals surface area contributed by atoms with Gasteiger partial charge in [0.05, 0.1) is 0 Å². The van der Waals surface area contributed by atoms with Crippen LogP contribution in [0.3, 0.4) is 0 Å². The van der Waals surface area contributed by atoms with E-state index in [-0.39, 0.29) is 18.3 Å². The maximum absolute atomic E-state index is 11.3. The van der Waals surface area contributed by atoms with Crippen LogP contribution in [0.5, 0.6) is 0 Å². The van der Waals surface area contributed by atoms with Crippen LogP contribution in [0, 0.1) is 5.92 Å². The van der Waals surface area contributed by atoms with Crippen LogP contribution < -0.4 is 11.4 Å². The van der Waals surface area contributed by atoms with Crippen LogP contribution in [0.4, 0.5) is 5.82 Å². The average molecular weight is 213 g/mol. The minimum atomic E-state index is -0.988. The van der Waals surface area contributed by atoms with Gasteiger partial charge in [0.25, 0.3) is 0 Å². The Morgan fingerprint density at radius 1 is 1.67 bits per heavy atom. The normalized spacial score (nSPS) is 14.9. The molecule has 2 atom stereocenters. The second-order valence-corrected chi connectivity index (χ2v) is 3.45. The summed E-state index contributed by atoms with van der Waals surface area (Å²) in [5.41, 5.74) is 4.73. The Bertz CT molecular complexity index is 377. The topological polar surface area (TPSA) is 101 Å². The molecule has 0 aliphatic rings. The summed E-state index contributed by atoms with van der Waals surface area (Å²) in [7, 11) is 0. The van der Waals surface area contributed by atoms with E-state index in [1.165, 1.54) is 12.3 Å². The predicted molar refractivity (Wildman–Crippen MR) is 55.0 cm³/mol. The largest absolute Gasteiger partial charge is 0.396 e. The minimum absolute atomic E-state index is 0.0324. The van der Waals surface area contributed by atoms with Crippen LogP contribution in [0.15, 0.2) is 17.1 Å². The molecule has 0 aliphatic carbocycles. The third kappa shape index (κ3) is 2.77. The molecule has 1 unspecified atom stereocenters. The van der Waals surface area contributed by atoms with E-state index in [1.807, 2.05) is 0 Å². The van der Waals surface area contributed by atoms with Gasteiger partial charge in [-0.05, 0) is 12.5 Å². The van der Waals surface area contributed by atoms with Crippen molar-refractivity contribution in [2.75, 3.05) is 12.3 Å². The molecule has 0 fully saturated rings. The van der Waals surface area contributed by atoms with Crippen molar-refractivity contribution in [3.8, 4) is 0 Å². The van der Waals surface area contributed by atoms with Crippen LogP contribution in [-0.4, -0.2) is 26.4 Å². The van der Waals surface area contributed by atoms with Crippen LogP contribution in [-0.2, 0) is 0 Å². The Kier molecular flexibility index (Phi) is 3.81. The predicted octanol–water partition coefficient (Wildman–Crippen LogP) is -0.665. The molecule has 1 rings (SSSR count). The van der Waals surface area contributed by atoms with E-state index in [0.717, 1.165) is 4.57 Å². The maximum atomic E-state index is 11.3. The second kappa shape index (κ2) is 4.90. The Labute approximate surface area is 87.0 Å². The first kappa shape index (κ1) is 11.7. The van der Waals surface area contributed by atoms with E-state index in [0.29, 0.717) is 6.42 Å². The molecular weight excluding hydrogens is 198 g/mol. The third-order valence-electron chi connectivity index (χ3n) is 2.23. The van der Waals surface area contributed by atoms with Crippen molar-refractivity contribution >= 4 is 5.82 Å².